The number of benzene rings is 2. The van der Waals surface area contributed by atoms with Crippen molar-refractivity contribution in [2.24, 2.45) is 5.92 Å². The van der Waals surface area contributed by atoms with E-state index in [2.05, 4.69) is 5.32 Å². The van der Waals surface area contributed by atoms with Crippen LogP contribution in [0.2, 0.25) is 0 Å². The number of carbonyl (C=O) groups is 3. The molecule has 156 valence electrons. The topological polar surface area (TPSA) is 75.7 Å². The van der Waals surface area contributed by atoms with Gasteiger partial charge in [0, 0.05) is 31.1 Å². The number of nitrogens with zero attached hydrogens (tertiary/aromatic N) is 1. The Labute approximate surface area is 176 Å². The van der Waals surface area contributed by atoms with Crippen LogP contribution >= 0.6 is 0 Å². The summed E-state index contributed by atoms with van der Waals surface area (Å²) < 4.78 is 5.64. The number of nitrogens with one attached hydrogen (secondary N) is 1. The largest absolute Gasteiger partial charge is 0.447 e. The molecule has 2 amide bonds. The van der Waals surface area contributed by atoms with Gasteiger partial charge in [-0.15, -0.1) is 0 Å². The maximum atomic E-state index is 12.8. The molecule has 0 aromatic heterocycles. The second-order valence-corrected chi connectivity index (χ2v) is 7.99. The van der Waals surface area contributed by atoms with Gasteiger partial charge in [0.2, 0.25) is 12.0 Å². The molecule has 6 nitrogen and oxygen atoms in total. The van der Waals surface area contributed by atoms with E-state index in [9.17, 15) is 14.4 Å². The van der Waals surface area contributed by atoms with E-state index in [1.165, 1.54) is 0 Å². The Balaban J connectivity index is 1.37. The van der Waals surface area contributed by atoms with Crippen LogP contribution in [0.15, 0.2) is 60.7 Å². The molecule has 30 heavy (non-hydrogen) atoms. The van der Waals surface area contributed by atoms with Crippen molar-refractivity contribution in [1.29, 1.82) is 0 Å². The summed E-state index contributed by atoms with van der Waals surface area (Å²) >= 11 is 0. The third-order valence-corrected chi connectivity index (χ3v) is 5.56. The van der Waals surface area contributed by atoms with Gasteiger partial charge in [0.05, 0.1) is 5.92 Å². The van der Waals surface area contributed by atoms with Crippen molar-refractivity contribution in [2.75, 3.05) is 13.1 Å². The van der Waals surface area contributed by atoms with E-state index >= 15 is 0 Å². The highest BCUT2D eigenvalue weighted by atomic mass is 16.5. The Bertz CT molecular complexity index is 896. The molecule has 2 atom stereocenters. The van der Waals surface area contributed by atoms with E-state index in [0.29, 0.717) is 18.7 Å². The van der Waals surface area contributed by atoms with Crippen LogP contribution in [0.25, 0.3) is 0 Å². The lowest BCUT2D eigenvalue weighted by atomic mass is 10.1. The zero-order valence-electron chi connectivity index (χ0n) is 16.8. The number of hydrogen-bond acceptors (Lipinski definition) is 4. The summed E-state index contributed by atoms with van der Waals surface area (Å²) in [5, 5.41) is 2.91. The van der Waals surface area contributed by atoms with Gasteiger partial charge in [-0.3, -0.25) is 14.4 Å². The van der Waals surface area contributed by atoms with Gasteiger partial charge in [-0.2, -0.15) is 0 Å². The lowest BCUT2D eigenvalue weighted by molar-refractivity contribution is -0.160. The summed E-state index contributed by atoms with van der Waals surface area (Å²) in [7, 11) is 0. The Morgan fingerprint density at radius 2 is 1.70 bits per heavy atom. The minimum absolute atomic E-state index is 0.0495. The molecule has 1 heterocycles. The van der Waals surface area contributed by atoms with Crippen LogP contribution in [0, 0.1) is 5.92 Å². The number of hydrogen-bond donors (Lipinski definition) is 1. The second-order valence-electron chi connectivity index (χ2n) is 7.99. The zero-order chi connectivity index (χ0) is 20.9. The van der Waals surface area contributed by atoms with Gasteiger partial charge in [0.25, 0.3) is 5.91 Å². The molecule has 1 aliphatic carbocycles. The fourth-order valence-corrected chi connectivity index (χ4v) is 3.67. The molecule has 1 saturated heterocycles. The molecule has 0 bridgehead atoms. The van der Waals surface area contributed by atoms with Crippen molar-refractivity contribution in [3.8, 4) is 0 Å². The van der Waals surface area contributed by atoms with Crippen molar-refractivity contribution < 1.29 is 19.1 Å². The smallest absolute Gasteiger partial charge is 0.312 e. The minimum atomic E-state index is -0.993. The summed E-state index contributed by atoms with van der Waals surface area (Å²) in [6, 6.07) is 19.1. The molecule has 2 aliphatic rings. The summed E-state index contributed by atoms with van der Waals surface area (Å²) in [6.45, 7) is 0.896. The summed E-state index contributed by atoms with van der Waals surface area (Å²) in [6.07, 6.45) is 1.78. The SMILES string of the molecule is O=C(O[C@@H](C(=O)NC1CC1)c1ccccc1)[C@H]1CC(=O)N(CCc2ccccc2)C1. The van der Waals surface area contributed by atoms with Gasteiger partial charge in [0.15, 0.2) is 0 Å². The molecule has 1 saturated carbocycles. The molecule has 2 aromatic carbocycles. The van der Waals surface area contributed by atoms with E-state index in [1.54, 1.807) is 17.0 Å². The first-order valence-electron chi connectivity index (χ1n) is 10.5. The molecule has 4 rings (SSSR count). The number of amides is 2. The van der Waals surface area contributed by atoms with Crippen molar-refractivity contribution in [3.63, 3.8) is 0 Å². The molecule has 6 heteroatoms. The first-order chi connectivity index (χ1) is 14.6. The summed E-state index contributed by atoms with van der Waals surface area (Å²) in [5.74, 6) is -1.40. The lowest BCUT2D eigenvalue weighted by Gasteiger charge is -2.20. The average Bonchev–Trinajstić information content (AvgIpc) is 3.51. The van der Waals surface area contributed by atoms with Crippen LogP contribution in [0.1, 0.15) is 36.5 Å². The lowest BCUT2D eigenvalue weighted by Crippen LogP contribution is -2.35. The Kier molecular flexibility index (Phi) is 6.12. The molecule has 1 N–H and O–H groups in total. The van der Waals surface area contributed by atoms with Crippen LogP contribution < -0.4 is 5.32 Å². The van der Waals surface area contributed by atoms with E-state index in [4.69, 9.17) is 4.74 Å². The van der Waals surface area contributed by atoms with Crippen molar-refractivity contribution >= 4 is 17.8 Å². The Morgan fingerprint density at radius 3 is 2.37 bits per heavy atom. The maximum absolute atomic E-state index is 12.8. The zero-order valence-corrected chi connectivity index (χ0v) is 16.8. The second kappa shape index (κ2) is 9.11. The number of carbonyl (C=O) groups excluding carboxylic acids is 3. The van der Waals surface area contributed by atoms with Gasteiger partial charge in [-0.25, -0.2) is 0 Å². The summed E-state index contributed by atoms with van der Waals surface area (Å²) in [5.41, 5.74) is 1.78. The van der Waals surface area contributed by atoms with Crippen LogP contribution in [0.3, 0.4) is 0 Å². The minimum Gasteiger partial charge on any atom is -0.447 e. The quantitative estimate of drug-likeness (QED) is 0.684. The number of ether oxygens (including phenoxy) is 1. The fraction of sp³-hybridized carbons (Fsp3) is 0.375. The van der Waals surface area contributed by atoms with Crippen molar-refractivity contribution in [1.82, 2.24) is 10.2 Å². The van der Waals surface area contributed by atoms with Crippen LogP contribution in [-0.2, 0) is 25.5 Å². The van der Waals surface area contributed by atoms with E-state index in [1.807, 2.05) is 48.5 Å². The van der Waals surface area contributed by atoms with Gasteiger partial charge >= 0.3 is 5.97 Å². The van der Waals surface area contributed by atoms with Gasteiger partial charge in [-0.1, -0.05) is 60.7 Å². The molecule has 2 fully saturated rings. The fourth-order valence-electron chi connectivity index (χ4n) is 3.67. The van der Waals surface area contributed by atoms with Gasteiger partial charge < -0.3 is 15.0 Å². The number of likely N-dealkylation sites (tertiary alicyclic amines) is 1. The Hall–Kier alpha value is -3.15. The average molecular weight is 406 g/mol. The highest BCUT2D eigenvalue weighted by Gasteiger charge is 2.38. The molecular formula is C24H26N2O4. The van der Waals surface area contributed by atoms with Gasteiger partial charge in [0.1, 0.15) is 0 Å². The van der Waals surface area contributed by atoms with Gasteiger partial charge in [-0.05, 0) is 24.8 Å². The van der Waals surface area contributed by atoms with Crippen molar-refractivity contribution in [2.45, 2.75) is 37.8 Å². The van der Waals surface area contributed by atoms with E-state index in [0.717, 1.165) is 24.8 Å². The Morgan fingerprint density at radius 1 is 1.03 bits per heavy atom. The molecule has 1 aliphatic heterocycles. The van der Waals surface area contributed by atoms with Crippen LogP contribution in [0.5, 0.6) is 0 Å². The number of rotatable bonds is 8. The molecule has 0 unspecified atom stereocenters. The van der Waals surface area contributed by atoms with E-state index < -0.39 is 18.0 Å². The first kappa shape index (κ1) is 20.1. The maximum Gasteiger partial charge on any atom is 0.312 e. The molecule has 2 aromatic rings. The van der Waals surface area contributed by atoms with E-state index in [-0.39, 0.29) is 24.3 Å². The molecule has 0 spiro atoms. The predicted molar refractivity (Wildman–Crippen MR) is 111 cm³/mol. The summed E-state index contributed by atoms with van der Waals surface area (Å²) in [4.78, 5) is 39.6. The molecule has 0 radical (unpaired) electrons. The highest BCUT2D eigenvalue weighted by Crippen LogP contribution is 2.26. The standard InChI is InChI=1S/C24H26N2O4/c27-21-15-19(16-26(21)14-13-17-7-3-1-4-8-17)24(29)30-22(18-9-5-2-6-10-18)23(28)25-20-11-12-20/h1-10,19-20,22H,11-16H2,(H,25,28)/t19-,22+/m0/s1. The third kappa shape index (κ3) is 5.06. The normalized spacial score (nSPS) is 19.4. The monoisotopic (exact) mass is 406 g/mol. The van der Waals surface area contributed by atoms with Crippen LogP contribution in [-0.4, -0.2) is 41.8 Å². The number of esters is 1. The predicted octanol–water partition coefficient (Wildman–Crippen LogP) is 2.64. The van der Waals surface area contributed by atoms with Crippen LogP contribution in [0.4, 0.5) is 0 Å². The van der Waals surface area contributed by atoms with Crippen molar-refractivity contribution in [3.05, 3.63) is 71.8 Å². The first-order valence-corrected chi connectivity index (χ1v) is 10.5. The highest BCUT2D eigenvalue weighted by molar-refractivity contribution is 5.89. The third-order valence-electron chi connectivity index (χ3n) is 5.56. The molecular weight excluding hydrogens is 380 g/mol.